The molecule has 6 heteroatoms. The molecule has 0 atom stereocenters. The fourth-order valence-corrected chi connectivity index (χ4v) is 3.44. The maximum atomic E-state index is 11.9. The number of benzene rings is 1. The fraction of sp³-hybridized carbons (Fsp3) is 0.500. The third kappa shape index (κ3) is 4.25. The molecule has 4 rings (SSSR count). The Morgan fingerprint density at radius 1 is 1.31 bits per heavy atom. The van der Waals surface area contributed by atoms with E-state index >= 15 is 0 Å². The molecule has 2 heterocycles. The standard InChI is InChI=1S/C20H26N4O2/c1-26-19-4-2-3-15(11-19)13-23-9-10-24-18(14-23)12-17(22-24)7-8-20(25)21-16-5-6-16/h2-4,11-12,16H,5-10,13-14H2,1H3,(H,21,25). The predicted octanol–water partition coefficient (Wildman–Crippen LogP) is 2.12. The van der Waals surface area contributed by atoms with Crippen LogP contribution in [0.5, 0.6) is 5.75 Å². The van der Waals surface area contributed by atoms with Gasteiger partial charge in [-0.15, -0.1) is 0 Å². The van der Waals surface area contributed by atoms with Crippen LogP contribution >= 0.6 is 0 Å². The second kappa shape index (κ2) is 7.50. The Kier molecular flexibility index (Phi) is 4.93. The largest absolute Gasteiger partial charge is 0.497 e. The van der Waals surface area contributed by atoms with Gasteiger partial charge in [-0.25, -0.2) is 0 Å². The van der Waals surface area contributed by atoms with E-state index in [1.165, 1.54) is 11.3 Å². The summed E-state index contributed by atoms with van der Waals surface area (Å²) in [5, 5.41) is 7.71. The van der Waals surface area contributed by atoms with Crippen molar-refractivity contribution in [1.29, 1.82) is 0 Å². The van der Waals surface area contributed by atoms with E-state index in [0.29, 0.717) is 18.9 Å². The second-order valence-electron chi connectivity index (χ2n) is 7.25. The van der Waals surface area contributed by atoms with Gasteiger partial charge >= 0.3 is 0 Å². The van der Waals surface area contributed by atoms with Gasteiger partial charge in [0.05, 0.1) is 25.0 Å². The van der Waals surface area contributed by atoms with Crippen LogP contribution in [0.2, 0.25) is 0 Å². The number of rotatable bonds is 7. The third-order valence-corrected chi connectivity index (χ3v) is 5.02. The van der Waals surface area contributed by atoms with Crippen molar-refractivity contribution < 1.29 is 9.53 Å². The van der Waals surface area contributed by atoms with Crippen molar-refractivity contribution in [3.05, 3.63) is 47.3 Å². The Morgan fingerprint density at radius 3 is 3.00 bits per heavy atom. The van der Waals surface area contributed by atoms with Crippen LogP contribution < -0.4 is 10.1 Å². The normalized spacial score (nSPS) is 17.0. The quantitative estimate of drug-likeness (QED) is 0.827. The molecule has 2 aromatic rings. The van der Waals surface area contributed by atoms with Crippen LogP contribution in [-0.4, -0.2) is 40.3 Å². The highest BCUT2D eigenvalue weighted by molar-refractivity contribution is 5.76. The number of nitrogens with one attached hydrogen (secondary N) is 1. The van der Waals surface area contributed by atoms with Gasteiger partial charge in [-0.05, 0) is 36.6 Å². The molecule has 1 aliphatic carbocycles. The summed E-state index contributed by atoms with van der Waals surface area (Å²) in [6, 6.07) is 10.8. The van der Waals surface area contributed by atoms with Crippen LogP contribution in [0.15, 0.2) is 30.3 Å². The van der Waals surface area contributed by atoms with Gasteiger partial charge in [0.25, 0.3) is 0 Å². The first-order valence-electron chi connectivity index (χ1n) is 9.40. The molecule has 1 N–H and O–H groups in total. The molecular weight excluding hydrogens is 328 g/mol. The number of carbonyl (C=O) groups is 1. The lowest BCUT2D eigenvalue weighted by Gasteiger charge is -2.27. The maximum Gasteiger partial charge on any atom is 0.220 e. The molecule has 0 saturated heterocycles. The van der Waals surface area contributed by atoms with Gasteiger partial charge < -0.3 is 10.1 Å². The number of nitrogens with zero attached hydrogens (tertiary/aromatic N) is 3. The average molecular weight is 354 g/mol. The number of aryl methyl sites for hydroxylation is 1. The van der Waals surface area contributed by atoms with Crippen LogP contribution in [0.4, 0.5) is 0 Å². The number of methoxy groups -OCH3 is 1. The molecule has 26 heavy (non-hydrogen) atoms. The number of carbonyl (C=O) groups excluding carboxylic acids is 1. The monoisotopic (exact) mass is 354 g/mol. The number of ether oxygens (including phenoxy) is 1. The zero-order chi connectivity index (χ0) is 17.9. The van der Waals surface area contributed by atoms with Gasteiger partial charge in [0.15, 0.2) is 0 Å². The van der Waals surface area contributed by atoms with Crippen LogP contribution in [0.3, 0.4) is 0 Å². The summed E-state index contributed by atoms with van der Waals surface area (Å²) in [6.45, 7) is 3.67. The Labute approximate surface area is 154 Å². The van der Waals surface area contributed by atoms with E-state index in [9.17, 15) is 4.79 Å². The van der Waals surface area contributed by atoms with Crippen LogP contribution in [0, 0.1) is 0 Å². The lowest BCUT2D eigenvalue weighted by Crippen LogP contribution is -2.33. The second-order valence-corrected chi connectivity index (χ2v) is 7.25. The SMILES string of the molecule is COc1cccc(CN2CCn3nc(CCC(=O)NC4CC4)cc3C2)c1. The van der Waals surface area contributed by atoms with Crippen LogP contribution in [0.25, 0.3) is 0 Å². The number of fused-ring (bicyclic) bond motifs is 1. The molecular formula is C20H26N4O2. The molecule has 0 radical (unpaired) electrons. The van der Waals surface area contributed by atoms with Crippen molar-refractivity contribution in [2.24, 2.45) is 0 Å². The van der Waals surface area contributed by atoms with Crippen molar-refractivity contribution in [3.63, 3.8) is 0 Å². The molecule has 138 valence electrons. The summed E-state index contributed by atoms with van der Waals surface area (Å²) in [6.07, 6.45) is 3.51. The van der Waals surface area contributed by atoms with E-state index in [0.717, 1.165) is 50.5 Å². The van der Waals surface area contributed by atoms with E-state index in [1.54, 1.807) is 7.11 Å². The first-order valence-corrected chi connectivity index (χ1v) is 9.40. The predicted molar refractivity (Wildman–Crippen MR) is 98.8 cm³/mol. The third-order valence-electron chi connectivity index (χ3n) is 5.02. The van der Waals surface area contributed by atoms with E-state index in [2.05, 4.69) is 38.2 Å². The summed E-state index contributed by atoms with van der Waals surface area (Å²) in [7, 11) is 1.70. The maximum absolute atomic E-state index is 11.9. The zero-order valence-electron chi connectivity index (χ0n) is 15.3. The molecule has 1 saturated carbocycles. The van der Waals surface area contributed by atoms with Crippen LogP contribution in [-0.2, 0) is 30.8 Å². The Morgan fingerprint density at radius 2 is 2.19 bits per heavy atom. The number of amides is 1. The minimum Gasteiger partial charge on any atom is -0.497 e. The summed E-state index contributed by atoms with van der Waals surface area (Å²) < 4.78 is 7.41. The zero-order valence-corrected chi connectivity index (χ0v) is 15.3. The summed E-state index contributed by atoms with van der Waals surface area (Å²) in [5.74, 6) is 1.05. The summed E-state index contributed by atoms with van der Waals surface area (Å²) in [5.41, 5.74) is 3.51. The topological polar surface area (TPSA) is 59.4 Å². The van der Waals surface area contributed by atoms with Crippen molar-refractivity contribution in [1.82, 2.24) is 20.0 Å². The lowest BCUT2D eigenvalue weighted by molar-refractivity contribution is -0.121. The first-order chi connectivity index (χ1) is 12.7. The molecule has 1 aromatic heterocycles. The van der Waals surface area contributed by atoms with E-state index in [1.807, 2.05) is 12.1 Å². The smallest absolute Gasteiger partial charge is 0.220 e. The minimum atomic E-state index is 0.151. The molecule has 1 fully saturated rings. The van der Waals surface area contributed by atoms with E-state index in [4.69, 9.17) is 4.74 Å². The van der Waals surface area contributed by atoms with Gasteiger partial charge in [0.1, 0.15) is 5.75 Å². The molecule has 1 aliphatic heterocycles. The molecule has 1 aromatic carbocycles. The Hall–Kier alpha value is -2.34. The van der Waals surface area contributed by atoms with Gasteiger partial charge in [-0.2, -0.15) is 5.10 Å². The molecule has 0 unspecified atom stereocenters. The fourth-order valence-electron chi connectivity index (χ4n) is 3.44. The first kappa shape index (κ1) is 17.1. The lowest BCUT2D eigenvalue weighted by atomic mass is 10.1. The van der Waals surface area contributed by atoms with Gasteiger partial charge in [-0.3, -0.25) is 14.4 Å². The van der Waals surface area contributed by atoms with E-state index in [-0.39, 0.29) is 5.91 Å². The molecule has 0 spiro atoms. The van der Waals surface area contributed by atoms with Gasteiger partial charge in [0, 0.05) is 38.5 Å². The van der Waals surface area contributed by atoms with Crippen molar-refractivity contribution in [2.45, 2.75) is 51.4 Å². The average Bonchev–Trinajstić information content (AvgIpc) is 3.36. The number of hydrogen-bond acceptors (Lipinski definition) is 4. The van der Waals surface area contributed by atoms with Crippen molar-refractivity contribution in [3.8, 4) is 5.75 Å². The Balaban J connectivity index is 1.33. The minimum absolute atomic E-state index is 0.151. The van der Waals surface area contributed by atoms with Crippen LogP contribution in [0.1, 0.15) is 36.2 Å². The highest BCUT2D eigenvalue weighted by Crippen LogP contribution is 2.20. The van der Waals surface area contributed by atoms with Crippen molar-refractivity contribution in [2.75, 3.05) is 13.7 Å². The molecule has 0 bridgehead atoms. The Bertz CT molecular complexity index is 782. The molecule has 6 nitrogen and oxygen atoms in total. The van der Waals surface area contributed by atoms with Gasteiger partial charge in [0.2, 0.25) is 5.91 Å². The van der Waals surface area contributed by atoms with Crippen molar-refractivity contribution >= 4 is 5.91 Å². The summed E-state index contributed by atoms with van der Waals surface area (Å²) in [4.78, 5) is 14.3. The number of aromatic nitrogens is 2. The molecule has 2 aliphatic rings. The summed E-state index contributed by atoms with van der Waals surface area (Å²) >= 11 is 0. The van der Waals surface area contributed by atoms with Gasteiger partial charge in [-0.1, -0.05) is 12.1 Å². The number of hydrogen-bond donors (Lipinski definition) is 1. The van der Waals surface area contributed by atoms with E-state index < -0.39 is 0 Å². The molecule has 1 amide bonds. The highest BCUT2D eigenvalue weighted by atomic mass is 16.5. The highest BCUT2D eigenvalue weighted by Gasteiger charge is 2.23.